The molecule has 2 bridgehead atoms. The van der Waals surface area contributed by atoms with E-state index >= 15 is 0 Å². The Morgan fingerprint density at radius 1 is 1.29 bits per heavy atom. The van der Waals surface area contributed by atoms with Crippen molar-refractivity contribution in [2.75, 3.05) is 5.06 Å². The van der Waals surface area contributed by atoms with Gasteiger partial charge >= 0.3 is 0 Å². The van der Waals surface area contributed by atoms with Gasteiger partial charge in [-0.15, -0.1) is 0 Å². The Balaban J connectivity index is 1.90. The lowest BCUT2D eigenvalue weighted by atomic mass is 9.70. The van der Waals surface area contributed by atoms with Gasteiger partial charge in [0, 0.05) is 5.41 Å². The fourth-order valence-electron chi connectivity index (χ4n) is 4.35. The number of carbonyl (C=O) groups is 1. The quantitative estimate of drug-likeness (QED) is 0.502. The van der Waals surface area contributed by atoms with Crippen LogP contribution < -0.4 is 5.06 Å². The summed E-state index contributed by atoms with van der Waals surface area (Å²) in [5.41, 5.74) is 0.447. The molecule has 1 N–H and O–H groups in total. The molecule has 3 nitrogen and oxygen atoms in total. The number of anilines is 1. The first kappa shape index (κ1) is 15.0. The highest BCUT2D eigenvalue weighted by atomic mass is 79.9. The number of carbonyl (C=O) groups excluding carboxylic acids is 1. The van der Waals surface area contributed by atoms with Crippen molar-refractivity contribution in [2.45, 2.75) is 38.6 Å². The van der Waals surface area contributed by atoms with Crippen molar-refractivity contribution in [1.29, 1.82) is 0 Å². The largest absolute Gasteiger partial charge is 0.299 e. The average molecular weight is 352 g/mol. The predicted octanol–water partition coefficient (Wildman–Crippen LogP) is 4.24. The normalized spacial score (nSPS) is 35.0. The summed E-state index contributed by atoms with van der Waals surface area (Å²) in [6.07, 6.45) is 2.03. The van der Waals surface area contributed by atoms with E-state index in [0.717, 1.165) is 12.8 Å². The third-order valence-electron chi connectivity index (χ3n) is 6.14. The van der Waals surface area contributed by atoms with E-state index in [2.05, 4.69) is 36.7 Å². The van der Waals surface area contributed by atoms with E-state index in [1.807, 2.05) is 30.3 Å². The predicted molar refractivity (Wildman–Crippen MR) is 86.5 cm³/mol. The number of halogens is 1. The van der Waals surface area contributed by atoms with Crippen LogP contribution in [0.25, 0.3) is 0 Å². The van der Waals surface area contributed by atoms with Gasteiger partial charge in [0.15, 0.2) is 0 Å². The lowest BCUT2D eigenvalue weighted by molar-refractivity contribution is -0.131. The highest BCUT2D eigenvalue weighted by Crippen LogP contribution is 2.66. The maximum atomic E-state index is 12.9. The Morgan fingerprint density at radius 3 is 2.43 bits per heavy atom. The standard InChI is InChI=1S/C17H22BrNO2/c1-16(2)12-9-10-17(16,3)14(20)13(12)15(18)19(21)11-7-5-4-6-8-11/h4-8,12-13,15,21H,9-10H2,1-3H3/t12-,13-,15-,17+/m0/s1. The number of nitrogens with zero attached hydrogens (tertiary/aromatic N) is 1. The lowest BCUT2D eigenvalue weighted by Crippen LogP contribution is -2.42. The Hall–Kier alpha value is -0.870. The minimum absolute atomic E-state index is 0.00169. The lowest BCUT2D eigenvalue weighted by Gasteiger charge is -2.33. The third-order valence-corrected chi connectivity index (χ3v) is 7.09. The first-order chi connectivity index (χ1) is 9.80. The maximum absolute atomic E-state index is 12.9. The molecule has 4 atom stereocenters. The number of hydrogen-bond acceptors (Lipinski definition) is 3. The van der Waals surface area contributed by atoms with Crippen molar-refractivity contribution in [3.05, 3.63) is 30.3 Å². The van der Waals surface area contributed by atoms with E-state index in [9.17, 15) is 10.0 Å². The first-order valence-electron chi connectivity index (χ1n) is 7.52. The second-order valence-electron chi connectivity index (χ2n) is 7.14. The minimum Gasteiger partial charge on any atom is -0.299 e. The summed E-state index contributed by atoms with van der Waals surface area (Å²) in [5.74, 6) is 0.447. The summed E-state index contributed by atoms with van der Waals surface area (Å²) >= 11 is 3.58. The van der Waals surface area contributed by atoms with Crippen LogP contribution in [0.15, 0.2) is 30.3 Å². The van der Waals surface area contributed by atoms with Gasteiger partial charge in [0.1, 0.15) is 10.7 Å². The van der Waals surface area contributed by atoms with Crippen LogP contribution in [-0.2, 0) is 4.79 Å². The van der Waals surface area contributed by atoms with Gasteiger partial charge in [0.25, 0.3) is 0 Å². The van der Waals surface area contributed by atoms with E-state index in [-0.39, 0.29) is 21.7 Å². The molecule has 2 saturated carbocycles. The monoisotopic (exact) mass is 351 g/mol. The topological polar surface area (TPSA) is 40.5 Å². The first-order valence-corrected chi connectivity index (χ1v) is 8.44. The molecule has 0 amide bonds. The van der Waals surface area contributed by atoms with Crippen molar-refractivity contribution in [3.63, 3.8) is 0 Å². The zero-order valence-electron chi connectivity index (χ0n) is 12.7. The van der Waals surface area contributed by atoms with Crippen molar-refractivity contribution < 1.29 is 10.0 Å². The Morgan fingerprint density at radius 2 is 1.90 bits per heavy atom. The van der Waals surface area contributed by atoms with Crippen molar-refractivity contribution in [1.82, 2.24) is 0 Å². The molecular weight excluding hydrogens is 330 g/mol. The number of benzene rings is 1. The van der Waals surface area contributed by atoms with E-state index in [1.54, 1.807) is 0 Å². The molecule has 4 heteroatoms. The fraction of sp³-hybridized carbons (Fsp3) is 0.588. The van der Waals surface area contributed by atoms with Crippen LogP contribution in [0.1, 0.15) is 33.6 Å². The summed E-state index contributed by atoms with van der Waals surface area (Å²) < 4.78 is 0. The smallest absolute Gasteiger partial charge is 0.145 e. The van der Waals surface area contributed by atoms with Gasteiger partial charge in [-0.25, -0.2) is 5.06 Å². The van der Waals surface area contributed by atoms with E-state index in [4.69, 9.17) is 0 Å². The summed E-state index contributed by atoms with van der Waals surface area (Å²) in [6.45, 7) is 6.50. The fourth-order valence-corrected chi connectivity index (χ4v) is 5.19. The Kier molecular flexibility index (Phi) is 3.45. The molecule has 0 saturated heterocycles. The van der Waals surface area contributed by atoms with Crippen LogP contribution in [0.3, 0.4) is 0 Å². The van der Waals surface area contributed by atoms with Crippen LogP contribution in [0.2, 0.25) is 0 Å². The van der Waals surface area contributed by atoms with Crippen LogP contribution in [-0.4, -0.2) is 15.9 Å². The second-order valence-corrected chi connectivity index (χ2v) is 8.08. The molecule has 0 radical (unpaired) electrons. The summed E-state index contributed by atoms with van der Waals surface area (Å²) in [6, 6.07) is 9.36. The van der Waals surface area contributed by atoms with Crippen LogP contribution in [0, 0.1) is 22.7 Å². The molecule has 0 unspecified atom stereocenters. The Bertz CT molecular complexity index is 559. The molecule has 0 spiro atoms. The number of hydroxylamine groups is 1. The highest BCUT2D eigenvalue weighted by molar-refractivity contribution is 9.09. The summed E-state index contributed by atoms with van der Waals surface area (Å²) in [7, 11) is 0. The second kappa shape index (κ2) is 4.82. The van der Waals surface area contributed by atoms with Gasteiger partial charge in [-0.05, 0) is 36.3 Å². The summed E-state index contributed by atoms with van der Waals surface area (Å²) in [4.78, 5) is 12.5. The number of alkyl halides is 1. The zero-order chi connectivity index (χ0) is 15.4. The number of rotatable bonds is 3. The van der Waals surface area contributed by atoms with E-state index < -0.39 is 0 Å². The van der Waals surface area contributed by atoms with E-state index in [0.29, 0.717) is 17.4 Å². The molecule has 21 heavy (non-hydrogen) atoms. The number of Topliss-reactive ketones (excluding diaryl/α,β-unsaturated/α-hetero) is 1. The number of ketones is 1. The third kappa shape index (κ3) is 1.92. The van der Waals surface area contributed by atoms with E-state index in [1.165, 1.54) is 5.06 Å². The summed E-state index contributed by atoms with van der Waals surface area (Å²) in [5, 5.41) is 11.7. The number of fused-ring (bicyclic) bond motifs is 2. The van der Waals surface area contributed by atoms with Gasteiger partial charge < -0.3 is 0 Å². The molecular formula is C17H22BrNO2. The highest BCUT2D eigenvalue weighted by Gasteiger charge is 2.67. The molecule has 0 aliphatic heterocycles. The van der Waals surface area contributed by atoms with Gasteiger partial charge in [-0.2, -0.15) is 0 Å². The molecule has 2 fully saturated rings. The van der Waals surface area contributed by atoms with Crippen LogP contribution in [0.4, 0.5) is 5.69 Å². The molecule has 0 aromatic heterocycles. The van der Waals surface area contributed by atoms with Crippen LogP contribution in [0.5, 0.6) is 0 Å². The van der Waals surface area contributed by atoms with Gasteiger partial charge in [-0.3, -0.25) is 10.0 Å². The molecule has 2 aliphatic rings. The minimum atomic E-state index is -0.376. The molecule has 3 rings (SSSR count). The van der Waals surface area contributed by atoms with Gasteiger partial charge in [0.2, 0.25) is 0 Å². The van der Waals surface area contributed by atoms with Gasteiger partial charge in [-0.1, -0.05) is 54.9 Å². The number of hydrogen-bond donors (Lipinski definition) is 1. The molecule has 2 aliphatic carbocycles. The van der Waals surface area contributed by atoms with Crippen LogP contribution >= 0.6 is 15.9 Å². The average Bonchev–Trinajstić information content (AvgIpc) is 2.79. The molecule has 1 aromatic carbocycles. The van der Waals surface area contributed by atoms with Gasteiger partial charge in [0.05, 0.1) is 11.6 Å². The zero-order valence-corrected chi connectivity index (χ0v) is 14.3. The number of para-hydroxylation sites is 1. The van der Waals surface area contributed by atoms with Crippen molar-refractivity contribution in [2.24, 2.45) is 22.7 Å². The van der Waals surface area contributed by atoms with Crippen molar-refractivity contribution >= 4 is 27.4 Å². The Labute approximate surface area is 134 Å². The SMILES string of the molecule is CC1(C)[C@H]2CC[C@]1(C)C(=O)[C@H]2[C@@H](Br)N(O)c1ccccc1. The van der Waals surface area contributed by atoms with Crippen molar-refractivity contribution in [3.8, 4) is 0 Å². The molecule has 0 heterocycles. The molecule has 114 valence electrons. The molecule has 1 aromatic rings. The maximum Gasteiger partial charge on any atom is 0.145 e.